The van der Waals surface area contributed by atoms with Crippen molar-refractivity contribution in [2.24, 2.45) is 5.92 Å². The Hall–Kier alpha value is -2.46. The predicted octanol–water partition coefficient (Wildman–Crippen LogP) is 25.1. The van der Waals surface area contributed by atoms with E-state index in [0.29, 0.717) is 31.6 Å². The Morgan fingerprint density at radius 1 is 0.301 bits per heavy atom. The summed E-state index contributed by atoms with van der Waals surface area (Å²) in [5.41, 5.74) is 0. The third kappa shape index (κ3) is 77.5. The second kappa shape index (κ2) is 76.3. The van der Waals surface area contributed by atoms with Gasteiger partial charge in [0.05, 0.1) is 26.4 Å². The van der Waals surface area contributed by atoms with Crippen LogP contribution < -0.4 is 0 Å². The molecule has 0 aliphatic carbocycles. The Balaban J connectivity index is 5.24. The molecule has 0 fully saturated rings. The van der Waals surface area contributed by atoms with Gasteiger partial charge in [0.25, 0.3) is 0 Å². The van der Waals surface area contributed by atoms with E-state index >= 15 is 0 Å². The number of ether oxygens (including phenoxy) is 4. The minimum absolute atomic E-state index is 0.0844. The zero-order valence-corrected chi connectivity index (χ0v) is 68.7. The smallest absolute Gasteiger partial charge is 0.462 e. The van der Waals surface area contributed by atoms with Crippen molar-refractivity contribution in [2.45, 2.75) is 445 Å². The first-order valence-corrected chi connectivity index (χ1v) is 45.9. The Bertz CT molecular complexity index is 2060. The molecule has 0 aliphatic rings. The molecule has 0 saturated carbocycles. The number of allylic oxidation sites excluding steroid dienone is 4. The number of esters is 4. The lowest BCUT2D eigenvalue weighted by atomic mass is 10.0. The molecule has 0 aromatic heterocycles. The molecule has 0 amide bonds. The van der Waals surface area contributed by atoms with Gasteiger partial charge in [0, 0.05) is 25.7 Å². The lowest BCUT2D eigenvalue weighted by Crippen LogP contribution is -2.30. The van der Waals surface area contributed by atoms with E-state index in [9.17, 15) is 43.2 Å². The lowest BCUT2D eigenvalue weighted by molar-refractivity contribution is -0.161. The SMILES string of the molecule is CCCCCC/C=C\C=C/CCCCCCCC(=O)O[C@H](COC(=O)CCCCCCCCC(C)C)COP(=O)(O)OC[C@H](O)COP(=O)(O)OC[C@@H](COC(=O)CCCCCCCCCCCCCCCCCCCCC)OC(=O)CCCCCCCCCCCCCCCCCCCCCC. The number of carbonyl (C=O) groups excluding carboxylic acids is 4. The molecule has 0 rings (SSSR count). The van der Waals surface area contributed by atoms with Gasteiger partial charge in [-0.25, -0.2) is 9.13 Å². The van der Waals surface area contributed by atoms with Crippen LogP contribution in [0.5, 0.6) is 0 Å². The summed E-state index contributed by atoms with van der Waals surface area (Å²) in [7, 11) is -9.93. The second-order valence-corrected chi connectivity index (χ2v) is 32.9. The number of hydrogen-bond donors (Lipinski definition) is 3. The molecule has 5 atom stereocenters. The second-order valence-electron chi connectivity index (χ2n) is 30.0. The normalized spacial score (nSPS) is 14.0. The molecule has 0 spiro atoms. The highest BCUT2D eigenvalue weighted by atomic mass is 31.2. The molecule has 0 radical (unpaired) electrons. The number of unbranched alkanes of at least 4 members (excludes halogenated alkanes) is 51. The van der Waals surface area contributed by atoms with E-state index in [2.05, 4.69) is 58.9 Å². The standard InChI is InChI=1S/C84H160O17P2/c1-6-9-12-15-18-21-24-27-30-32-34-36-38-41-44-47-50-53-60-65-69-83(88)100-79(73-94-81(86)67-62-57-51-48-45-42-40-37-35-33-31-28-25-22-19-16-13-10-7-2)75-98-102(90,91)96-71-78(85)72-97-103(92,93)99-76-80(74-95-82(87)68-63-58-55-54-56-61-66-77(4)5)101-84(89)70-64-59-52-49-46-43-39-29-26-23-20-17-14-11-8-3/h23,26,29,39,77-80,85H,6-22,24-25,27-28,30-38,40-76H2,1-5H3,(H,90,91)(H,92,93)/b26-23-,39-29-/t78-,79-,80-/m1/s1. The molecule has 3 N–H and O–H groups in total. The third-order valence-corrected chi connectivity index (χ3v) is 21.1. The van der Waals surface area contributed by atoms with E-state index in [-0.39, 0.29) is 25.7 Å². The summed E-state index contributed by atoms with van der Waals surface area (Å²) in [6.45, 7) is 7.19. The largest absolute Gasteiger partial charge is 0.472 e. The monoisotopic (exact) mass is 1500 g/mol. The Morgan fingerprint density at radius 3 is 0.796 bits per heavy atom. The van der Waals surface area contributed by atoms with Crippen LogP contribution in [0, 0.1) is 5.92 Å². The van der Waals surface area contributed by atoms with E-state index < -0.39 is 97.5 Å². The van der Waals surface area contributed by atoms with Crippen molar-refractivity contribution in [2.75, 3.05) is 39.6 Å². The Labute approximate surface area is 631 Å². The molecule has 17 nitrogen and oxygen atoms in total. The fourth-order valence-corrected chi connectivity index (χ4v) is 14.2. The maximum Gasteiger partial charge on any atom is 0.472 e. The summed E-state index contributed by atoms with van der Waals surface area (Å²) < 4.78 is 68.7. The van der Waals surface area contributed by atoms with E-state index in [1.54, 1.807) is 0 Å². The van der Waals surface area contributed by atoms with Crippen LogP contribution in [0.25, 0.3) is 0 Å². The van der Waals surface area contributed by atoms with E-state index in [1.165, 1.54) is 231 Å². The number of phosphoric ester groups is 2. The van der Waals surface area contributed by atoms with Gasteiger partial charge in [-0.3, -0.25) is 37.3 Å². The molecule has 19 heteroatoms. The first-order valence-electron chi connectivity index (χ1n) is 43.0. The van der Waals surface area contributed by atoms with Gasteiger partial charge < -0.3 is 33.8 Å². The molecule has 0 saturated heterocycles. The summed E-state index contributed by atoms with van der Waals surface area (Å²) in [6, 6.07) is 0. The van der Waals surface area contributed by atoms with Crippen LogP contribution in [0.3, 0.4) is 0 Å². The zero-order chi connectivity index (χ0) is 75.5. The van der Waals surface area contributed by atoms with Crippen molar-refractivity contribution in [3.8, 4) is 0 Å². The van der Waals surface area contributed by atoms with Gasteiger partial charge in [0.1, 0.15) is 19.3 Å². The molecule has 0 aromatic carbocycles. The number of phosphoric acid groups is 2. The maximum atomic E-state index is 13.1. The number of aliphatic hydroxyl groups is 1. The van der Waals surface area contributed by atoms with Crippen LogP contribution in [0.1, 0.15) is 426 Å². The zero-order valence-electron chi connectivity index (χ0n) is 66.9. The Morgan fingerprint density at radius 2 is 0.524 bits per heavy atom. The van der Waals surface area contributed by atoms with Gasteiger partial charge in [-0.1, -0.05) is 374 Å². The average molecular weight is 1500 g/mol. The van der Waals surface area contributed by atoms with Crippen LogP contribution in [0.2, 0.25) is 0 Å². The van der Waals surface area contributed by atoms with Crippen LogP contribution in [-0.4, -0.2) is 96.7 Å². The predicted molar refractivity (Wildman–Crippen MR) is 423 cm³/mol. The Kier molecular flexibility index (Phi) is 74.5. The number of rotatable bonds is 82. The van der Waals surface area contributed by atoms with Gasteiger partial charge in [-0.05, 0) is 57.3 Å². The summed E-state index contributed by atoms with van der Waals surface area (Å²) in [5, 5.41) is 10.6. The molecule has 0 aromatic rings. The molecule has 0 aliphatic heterocycles. The van der Waals surface area contributed by atoms with Gasteiger partial charge in [-0.15, -0.1) is 0 Å². The van der Waals surface area contributed by atoms with Crippen molar-refractivity contribution in [3.05, 3.63) is 24.3 Å². The van der Waals surface area contributed by atoms with Crippen LogP contribution in [0.15, 0.2) is 24.3 Å². The molecule has 0 bridgehead atoms. The van der Waals surface area contributed by atoms with Gasteiger partial charge in [0.2, 0.25) is 0 Å². The lowest BCUT2D eigenvalue weighted by Gasteiger charge is -2.21. The van der Waals surface area contributed by atoms with Crippen LogP contribution in [-0.2, 0) is 65.4 Å². The molecular weight excluding hydrogens is 1340 g/mol. The maximum absolute atomic E-state index is 13.1. The molecule has 103 heavy (non-hydrogen) atoms. The van der Waals surface area contributed by atoms with Crippen molar-refractivity contribution in [3.63, 3.8) is 0 Å². The summed E-state index contributed by atoms with van der Waals surface area (Å²) >= 11 is 0. The van der Waals surface area contributed by atoms with Crippen molar-refractivity contribution in [1.29, 1.82) is 0 Å². The van der Waals surface area contributed by atoms with Crippen LogP contribution in [0.4, 0.5) is 0 Å². The number of hydrogen-bond acceptors (Lipinski definition) is 15. The van der Waals surface area contributed by atoms with Gasteiger partial charge in [0.15, 0.2) is 12.2 Å². The molecular formula is C84H160O17P2. The summed E-state index contributed by atoms with van der Waals surface area (Å²) in [6.07, 6.45) is 71.9. The fraction of sp³-hybridized carbons (Fsp3) is 0.905. The van der Waals surface area contributed by atoms with E-state index in [0.717, 1.165) is 109 Å². The molecule has 0 heterocycles. The minimum atomic E-state index is -4.97. The topological polar surface area (TPSA) is 237 Å². The van der Waals surface area contributed by atoms with E-state index in [4.69, 9.17) is 37.0 Å². The van der Waals surface area contributed by atoms with Crippen molar-refractivity contribution >= 4 is 39.5 Å². The number of aliphatic hydroxyl groups excluding tert-OH is 1. The summed E-state index contributed by atoms with van der Waals surface area (Å²) in [4.78, 5) is 73.0. The van der Waals surface area contributed by atoms with Crippen molar-refractivity contribution < 1.29 is 80.2 Å². The van der Waals surface area contributed by atoms with Crippen LogP contribution >= 0.6 is 15.6 Å². The minimum Gasteiger partial charge on any atom is -0.462 e. The van der Waals surface area contributed by atoms with Gasteiger partial charge >= 0.3 is 39.5 Å². The fourth-order valence-electron chi connectivity index (χ4n) is 12.6. The van der Waals surface area contributed by atoms with Gasteiger partial charge in [-0.2, -0.15) is 0 Å². The molecule has 608 valence electrons. The quantitative estimate of drug-likeness (QED) is 0.0169. The highest BCUT2D eigenvalue weighted by Gasteiger charge is 2.30. The highest BCUT2D eigenvalue weighted by molar-refractivity contribution is 7.47. The van der Waals surface area contributed by atoms with Crippen molar-refractivity contribution in [1.82, 2.24) is 0 Å². The first kappa shape index (κ1) is 101. The average Bonchev–Trinajstić information content (AvgIpc) is 0.947. The summed E-state index contributed by atoms with van der Waals surface area (Å²) in [5.74, 6) is -1.46. The first-order chi connectivity index (χ1) is 50.0. The number of carbonyl (C=O) groups is 4. The molecule has 2 unspecified atom stereocenters. The highest BCUT2D eigenvalue weighted by Crippen LogP contribution is 2.45. The van der Waals surface area contributed by atoms with E-state index in [1.807, 2.05) is 0 Å². The third-order valence-electron chi connectivity index (χ3n) is 19.2.